The van der Waals surface area contributed by atoms with Crippen LogP contribution in [-0.2, 0) is 0 Å². The van der Waals surface area contributed by atoms with E-state index in [9.17, 15) is 0 Å². The molecule has 0 amide bonds. The maximum absolute atomic E-state index is 6.22. The van der Waals surface area contributed by atoms with E-state index in [-0.39, 0.29) is 0 Å². The smallest absolute Gasteiger partial charge is 0.147 e. The lowest BCUT2D eigenvalue weighted by atomic mass is 9.98. The number of hydrogen-bond donors (Lipinski definition) is 0. The van der Waals surface area contributed by atoms with Gasteiger partial charge >= 0.3 is 0 Å². The highest BCUT2D eigenvalue weighted by Gasteiger charge is 2.19. The summed E-state index contributed by atoms with van der Waals surface area (Å²) in [4.78, 5) is 7.26. The Labute approximate surface area is 149 Å². The number of benzene rings is 1. The Morgan fingerprint density at radius 1 is 1.16 bits per heavy atom. The first-order valence-corrected chi connectivity index (χ1v) is 9.47. The number of para-hydroxylation sites is 1. The van der Waals surface area contributed by atoms with Crippen LogP contribution in [0.1, 0.15) is 31.7 Å². The average Bonchev–Trinajstić information content (AvgIpc) is 3.03. The Bertz CT molecular complexity index is 862. The minimum atomic E-state index is 0.654. The zero-order valence-corrected chi connectivity index (χ0v) is 15.2. The van der Waals surface area contributed by atoms with E-state index < -0.39 is 0 Å². The van der Waals surface area contributed by atoms with Gasteiger partial charge in [-0.3, -0.25) is 0 Å². The van der Waals surface area contributed by atoms with Crippen molar-refractivity contribution in [2.45, 2.75) is 33.1 Å². The molecular formula is C21H27N3O. The van der Waals surface area contributed by atoms with Crippen LogP contribution in [0.15, 0.2) is 36.7 Å². The number of aryl methyl sites for hydroxylation is 1. The van der Waals surface area contributed by atoms with E-state index in [1.807, 2.05) is 12.3 Å². The van der Waals surface area contributed by atoms with Crippen LogP contribution in [0.3, 0.4) is 0 Å². The van der Waals surface area contributed by atoms with E-state index in [4.69, 9.17) is 4.74 Å². The second-order valence-electron chi connectivity index (χ2n) is 7.23. The first kappa shape index (κ1) is 16.4. The Kier molecular flexibility index (Phi) is 4.62. The van der Waals surface area contributed by atoms with Crippen molar-refractivity contribution in [2.24, 2.45) is 5.92 Å². The fraction of sp³-hybridized carbons (Fsp3) is 0.476. The van der Waals surface area contributed by atoms with E-state index in [0.29, 0.717) is 5.92 Å². The summed E-state index contributed by atoms with van der Waals surface area (Å²) in [6, 6.07) is 8.36. The Hall–Kier alpha value is -2.07. The third-order valence-corrected chi connectivity index (χ3v) is 5.41. The van der Waals surface area contributed by atoms with Crippen LogP contribution in [0.2, 0.25) is 0 Å². The van der Waals surface area contributed by atoms with Gasteiger partial charge in [0, 0.05) is 6.20 Å². The van der Waals surface area contributed by atoms with Crippen molar-refractivity contribution in [1.82, 2.24) is 14.3 Å². The zero-order valence-electron chi connectivity index (χ0n) is 15.2. The molecule has 25 heavy (non-hydrogen) atoms. The van der Waals surface area contributed by atoms with Crippen LogP contribution in [0.25, 0.3) is 16.6 Å². The number of fused-ring (bicyclic) bond motifs is 3. The third kappa shape index (κ3) is 3.23. The molecule has 3 aromatic rings. The van der Waals surface area contributed by atoms with Gasteiger partial charge < -0.3 is 14.0 Å². The molecule has 0 spiro atoms. The highest BCUT2D eigenvalue weighted by molar-refractivity contribution is 5.84. The van der Waals surface area contributed by atoms with Crippen LogP contribution in [0.5, 0.6) is 5.75 Å². The summed E-state index contributed by atoms with van der Waals surface area (Å²) in [5.74, 6) is 1.56. The fourth-order valence-corrected chi connectivity index (χ4v) is 3.89. The van der Waals surface area contributed by atoms with Gasteiger partial charge in [-0.1, -0.05) is 13.0 Å². The first-order chi connectivity index (χ1) is 12.3. The number of nitrogens with zero attached hydrogens (tertiary/aromatic N) is 3. The molecule has 0 radical (unpaired) electrons. The predicted octanol–water partition coefficient (Wildman–Crippen LogP) is 4.30. The quantitative estimate of drug-likeness (QED) is 0.695. The average molecular weight is 337 g/mol. The zero-order chi connectivity index (χ0) is 17.2. The maximum Gasteiger partial charge on any atom is 0.147 e. The SMILES string of the molecule is CCCN1CCC(COc2cccc3c2ncc2c(C)ccn23)CC1. The van der Waals surface area contributed by atoms with Crippen molar-refractivity contribution in [1.29, 1.82) is 0 Å². The minimum Gasteiger partial charge on any atom is -0.491 e. The molecule has 0 aliphatic carbocycles. The highest BCUT2D eigenvalue weighted by atomic mass is 16.5. The number of likely N-dealkylation sites (tertiary alicyclic amines) is 1. The molecule has 132 valence electrons. The molecule has 0 bridgehead atoms. The lowest BCUT2D eigenvalue weighted by Gasteiger charge is -2.31. The van der Waals surface area contributed by atoms with Crippen LogP contribution < -0.4 is 4.74 Å². The van der Waals surface area contributed by atoms with Crippen LogP contribution >= 0.6 is 0 Å². The van der Waals surface area contributed by atoms with Crippen molar-refractivity contribution in [2.75, 3.05) is 26.2 Å². The van der Waals surface area contributed by atoms with Gasteiger partial charge in [0.05, 0.1) is 23.8 Å². The predicted molar refractivity (Wildman–Crippen MR) is 102 cm³/mol. The van der Waals surface area contributed by atoms with E-state index >= 15 is 0 Å². The molecule has 4 nitrogen and oxygen atoms in total. The van der Waals surface area contributed by atoms with Crippen molar-refractivity contribution in [3.8, 4) is 5.75 Å². The Morgan fingerprint density at radius 3 is 2.80 bits per heavy atom. The Balaban J connectivity index is 1.50. The lowest BCUT2D eigenvalue weighted by molar-refractivity contribution is 0.142. The number of rotatable bonds is 5. The molecule has 0 unspecified atom stereocenters. The molecule has 1 aromatic carbocycles. The van der Waals surface area contributed by atoms with E-state index in [0.717, 1.165) is 28.9 Å². The molecule has 4 rings (SSSR count). The summed E-state index contributed by atoms with van der Waals surface area (Å²) in [5, 5.41) is 0. The normalized spacial score (nSPS) is 16.7. The standard InChI is InChI=1S/C21H27N3O/c1-3-10-23-11-8-17(9-12-23)15-25-20-6-4-5-18-21(20)22-14-19-16(2)7-13-24(18)19/h4-7,13-14,17H,3,8-12,15H2,1-2H3. The summed E-state index contributed by atoms with van der Waals surface area (Å²) in [6.07, 6.45) is 7.78. The Morgan fingerprint density at radius 2 is 2.00 bits per heavy atom. The van der Waals surface area contributed by atoms with Gasteiger partial charge in [-0.2, -0.15) is 0 Å². The number of hydrogen-bond acceptors (Lipinski definition) is 3. The molecule has 0 saturated carbocycles. The van der Waals surface area contributed by atoms with Crippen molar-refractivity contribution < 1.29 is 4.74 Å². The monoisotopic (exact) mass is 337 g/mol. The molecule has 0 N–H and O–H groups in total. The maximum atomic E-state index is 6.22. The van der Waals surface area contributed by atoms with E-state index in [1.54, 1.807) is 0 Å². The largest absolute Gasteiger partial charge is 0.491 e. The first-order valence-electron chi connectivity index (χ1n) is 9.47. The molecule has 3 heterocycles. The second-order valence-corrected chi connectivity index (χ2v) is 7.23. The summed E-state index contributed by atoms with van der Waals surface area (Å²) in [5.41, 5.74) is 4.47. The molecule has 1 fully saturated rings. The summed E-state index contributed by atoms with van der Waals surface area (Å²) >= 11 is 0. The third-order valence-electron chi connectivity index (χ3n) is 5.41. The molecular weight excluding hydrogens is 310 g/mol. The van der Waals surface area contributed by atoms with Gasteiger partial charge in [0.25, 0.3) is 0 Å². The van der Waals surface area contributed by atoms with Crippen molar-refractivity contribution in [3.63, 3.8) is 0 Å². The number of ether oxygens (including phenoxy) is 1. The molecule has 1 saturated heterocycles. The summed E-state index contributed by atoms with van der Waals surface area (Å²) in [6.45, 7) is 8.81. The van der Waals surface area contributed by atoms with Gasteiger partial charge in [0.1, 0.15) is 11.3 Å². The number of piperidine rings is 1. The molecule has 0 atom stereocenters. The second kappa shape index (κ2) is 7.04. The molecule has 2 aromatic heterocycles. The van der Waals surface area contributed by atoms with Crippen LogP contribution in [-0.4, -0.2) is 40.5 Å². The van der Waals surface area contributed by atoms with Crippen molar-refractivity contribution >= 4 is 16.6 Å². The minimum absolute atomic E-state index is 0.654. The van der Waals surface area contributed by atoms with Crippen molar-refractivity contribution in [3.05, 3.63) is 42.2 Å². The van der Waals surface area contributed by atoms with Gasteiger partial charge in [0.2, 0.25) is 0 Å². The van der Waals surface area contributed by atoms with E-state index in [1.165, 1.54) is 44.5 Å². The molecule has 4 heteroatoms. The molecule has 1 aliphatic heterocycles. The topological polar surface area (TPSA) is 29.8 Å². The lowest BCUT2D eigenvalue weighted by Crippen LogP contribution is -2.35. The summed E-state index contributed by atoms with van der Waals surface area (Å²) in [7, 11) is 0. The van der Waals surface area contributed by atoms with Gasteiger partial charge in [-0.25, -0.2) is 4.98 Å². The molecule has 1 aliphatic rings. The van der Waals surface area contributed by atoms with Gasteiger partial charge in [-0.15, -0.1) is 0 Å². The highest BCUT2D eigenvalue weighted by Crippen LogP contribution is 2.27. The van der Waals surface area contributed by atoms with Crippen LogP contribution in [0.4, 0.5) is 0 Å². The van der Waals surface area contributed by atoms with Gasteiger partial charge in [0.15, 0.2) is 0 Å². The van der Waals surface area contributed by atoms with E-state index in [2.05, 4.69) is 52.5 Å². The fourth-order valence-electron chi connectivity index (χ4n) is 3.89. The van der Waals surface area contributed by atoms with Crippen LogP contribution in [0, 0.1) is 12.8 Å². The van der Waals surface area contributed by atoms with Gasteiger partial charge in [-0.05, 0) is 75.5 Å². The number of aromatic nitrogens is 2. The summed E-state index contributed by atoms with van der Waals surface area (Å²) < 4.78 is 8.42.